The number of hydrogen-bond acceptors (Lipinski definition) is 8. The second-order valence-electron chi connectivity index (χ2n) is 12.4. The molecular formula is C30H41ClFN5O4Si. The number of rotatable bonds is 11. The molecule has 1 aromatic heterocycles. The van der Waals surface area contributed by atoms with Gasteiger partial charge in [-0.1, -0.05) is 31.5 Å². The zero-order chi connectivity index (χ0) is 31.3. The van der Waals surface area contributed by atoms with Crippen molar-refractivity contribution in [3.63, 3.8) is 0 Å². The van der Waals surface area contributed by atoms with Crippen LogP contribution in [-0.2, 0) is 4.74 Å². The molecule has 0 spiro atoms. The number of carbonyl (C=O) groups is 1. The molecule has 0 saturated carbocycles. The van der Waals surface area contributed by atoms with Gasteiger partial charge >= 0.3 is 6.09 Å². The highest BCUT2D eigenvalue weighted by Crippen LogP contribution is 2.40. The Morgan fingerprint density at radius 3 is 2.40 bits per heavy atom. The van der Waals surface area contributed by atoms with Crippen LogP contribution in [0, 0.1) is 5.82 Å². The molecule has 0 aliphatic heterocycles. The van der Waals surface area contributed by atoms with E-state index in [0.29, 0.717) is 27.8 Å². The van der Waals surface area contributed by atoms with Crippen molar-refractivity contribution < 1.29 is 23.5 Å². The van der Waals surface area contributed by atoms with Crippen LogP contribution in [0.25, 0.3) is 0 Å². The smallest absolute Gasteiger partial charge is 0.412 e. The van der Waals surface area contributed by atoms with Crippen molar-refractivity contribution in [1.82, 2.24) is 9.97 Å². The highest BCUT2D eigenvalue weighted by Gasteiger charge is 2.37. The molecule has 1 heterocycles. The third-order valence-electron chi connectivity index (χ3n) is 6.86. The molecule has 2 aromatic carbocycles. The van der Waals surface area contributed by atoms with Gasteiger partial charge in [-0.2, -0.15) is 4.98 Å². The number of hydrogen-bond donors (Lipinski definition) is 4. The van der Waals surface area contributed by atoms with E-state index in [2.05, 4.69) is 39.8 Å². The number of benzene rings is 2. The lowest BCUT2D eigenvalue weighted by Crippen LogP contribution is -2.39. The molecule has 0 aliphatic carbocycles. The highest BCUT2D eigenvalue weighted by atomic mass is 35.5. The number of nitrogens with one attached hydrogen (secondary N) is 3. The number of nitrogens with zero attached hydrogens (tertiary/aromatic N) is 2. The molecule has 12 heteroatoms. The van der Waals surface area contributed by atoms with Crippen LogP contribution in [0.3, 0.4) is 0 Å². The Balaban J connectivity index is 1.69. The van der Waals surface area contributed by atoms with Crippen molar-refractivity contribution in [2.75, 3.05) is 16.0 Å². The van der Waals surface area contributed by atoms with Gasteiger partial charge in [0.25, 0.3) is 0 Å². The van der Waals surface area contributed by atoms with Gasteiger partial charge in [-0.25, -0.2) is 14.2 Å². The lowest BCUT2D eigenvalue weighted by Gasteiger charge is -2.35. The number of carbonyl (C=O) groups excluding carboxylic acids is 1. The molecule has 0 aliphatic rings. The number of aromatic nitrogens is 2. The molecule has 0 saturated heterocycles. The number of ether oxygens (including phenoxy) is 2. The van der Waals surface area contributed by atoms with Gasteiger partial charge in [-0.05, 0) is 89.0 Å². The fraction of sp³-hybridized carbons (Fsp3) is 0.433. The molecule has 1 atom stereocenters. The Morgan fingerprint density at radius 2 is 1.74 bits per heavy atom. The molecule has 3 aromatic rings. The van der Waals surface area contributed by atoms with E-state index in [-0.39, 0.29) is 22.9 Å². The summed E-state index contributed by atoms with van der Waals surface area (Å²) in [5.74, 6) is -0.0709. The standard InChI is InChI=1S/C30H41ClFN5O4Si/c1-19(14-15-30(5,6)42(7,8)39)40-25-17-22(12-13-23(25)31)35-27-33-18-24(32)26(37-27)34-20-10-9-11-21(16-20)36-28(38)41-29(2,3)4/h9-13,16-19,39H,14-15H2,1-8H3,(H,36,38)(H2,33,34,35,37)/t19-/m0/s1. The first-order chi connectivity index (χ1) is 19.4. The fourth-order valence-electron chi connectivity index (χ4n) is 3.69. The van der Waals surface area contributed by atoms with Crippen LogP contribution in [0.2, 0.25) is 23.2 Å². The normalized spacial score (nSPS) is 12.8. The average Bonchev–Trinajstić information content (AvgIpc) is 2.85. The van der Waals surface area contributed by atoms with E-state index in [9.17, 15) is 14.0 Å². The summed E-state index contributed by atoms with van der Waals surface area (Å²) in [4.78, 5) is 31.0. The first-order valence-electron chi connectivity index (χ1n) is 13.8. The van der Waals surface area contributed by atoms with Crippen molar-refractivity contribution in [3.05, 3.63) is 59.5 Å². The van der Waals surface area contributed by atoms with Crippen LogP contribution in [0.15, 0.2) is 48.7 Å². The van der Waals surface area contributed by atoms with Crippen LogP contribution in [0.1, 0.15) is 54.4 Å². The second kappa shape index (κ2) is 13.3. The van der Waals surface area contributed by atoms with E-state index in [1.807, 2.05) is 20.0 Å². The summed E-state index contributed by atoms with van der Waals surface area (Å²) >= 11 is 6.41. The maximum atomic E-state index is 14.6. The Hall–Kier alpha value is -3.41. The zero-order valence-corrected chi connectivity index (χ0v) is 27.2. The minimum atomic E-state index is -2.32. The summed E-state index contributed by atoms with van der Waals surface area (Å²) in [5.41, 5.74) is 0.931. The Labute approximate surface area is 253 Å². The first-order valence-corrected chi connectivity index (χ1v) is 17.1. The minimum absolute atomic E-state index is 0.0565. The van der Waals surface area contributed by atoms with Crippen molar-refractivity contribution in [3.8, 4) is 5.75 Å². The molecular weight excluding hydrogens is 577 g/mol. The third-order valence-corrected chi connectivity index (χ3v) is 10.7. The Bertz CT molecular complexity index is 1390. The van der Waals surface area contributed by atoms with Crippen LogP contribution in [-0.4, -0.2) is 40.9 Å². The number of anilines is 5. The number of halogens is 2. The second-order valence-corrected chi connectivity index (χ2v) is 17.3. The van der Waals surface area contributed by atoms with Crippen LogP contribution in [0.5, 0.6) is 5.75 Å². The lowest BCUT2D eigenvalue weighted by molar-refractivity contribution is 0.0636. The summed E-state index contributed by atoms with van der Waals surface area (Å²) in [6.07, 6.45) is 1.90. The van der Waals surface area contributed by atoms with Gasteiger partial charge in [0.05, 0.1) is 17.3 Å². The van der Waals surface area contributed by atoms with Gasteiger partial charge in [-0.3, -0.25) is 5.32 Å². The maximum Gasteiger partial charge on any atom is 0.412 e. The summed E-state index contributed by atoms with van der Waals surface area (Å²) in [6, 6.07) is 11.9. The van der Waals surface area contributed by atoms with E-state index < -0.39 is 25.8 Å². The van der Waals surface area contributed by atoms with E-state index in [0.717, 1.165) is 19.0 Å². The molecule has 1 amide bonds. The van der Waals surface area contributed by atoms with Gasteiger partial charge in [0.1, 0.15) is 11.4 Å². The quantitative estimate of drug-likeness (QED) is 0.158. The van der Waals surface area contributed by atoms with Crippen LogP contribution >= 0.6 is 11.6 Å². The van der Waals surface area contributed by atoms with Crippen molar-refractivity contribution in [1.29, 1.82) is 0 Å². The van der Waals surface area contributed by atoms with Gasteiger partial charge in [0.15, 0.2) is 20.0 Å². The molecule has 42 heavy (non-hydrogen) atoms. The van der Waals surface area contributed by atoms with Gasteiger partial charge in [0, 0.05) is 23.1 Å². The highest BCUT2D eigenvalue weighted by molar-refractivity contribution is 6.72. The Morgan fingerprint density at radius 1 is 1.07 bits per heavy atom. The predicted octanol–water partition coefficient (Wildman–Crippen LogP) is 8.63. The van der Waals surface area contributed by atoms with Gasteiger partial charge in [0.2, 0.25) is 5.95 Å². The Kier molecular flexibility index (Phi) is 10.5. The molecule has 0 bridgehead atoms. The largest absolute Gasteiger partial charge is 0.489 e. The average molecular weight is 618 g/mol. The summed E-state index contributed by atoms with van der Waals surface area (Å²) in [6.45, 7) is 15.4. The molecule has 3 rings (SSSR count). The monoisotopic (exact) mass is 617 g/mol. The summed E-state index contributed by atoms with van der Waals surface area (Å²) in [5, 5.41) is 8.94. The van der Waals surface area contributed by atoms with Gasteiger partial charge in [-0.15, -0.1) is 0 Å². The lowest BCUT2D eigenvalue weighted by atomic mass is 10.0. The van der Waals surface area contributed by atoms with E-state index >= 15 is 0 Å². The fourth-order valence-corrected chi connectivity index (χ4v) is 4.61. The van der Waals surface area contributed by atoms with E-state index in [1.165, 1.54) is 0 Å². The van der Waals surface area contributed by atoms with Crippen molar-refractivity contribution in [2.24, 2.45) is 0 Å². The summed E-state index contributed by atoms with van der Waals surface area (Å²) < 4.78 is 26.0. The van der Waals surface area contributed by atoms with Crippen molar-refractivity contribution >= 4 is 54.8 Å². The molecule has 0 fully saturated rings. The van der Waals surface area contributed by atoms with Gasteiger partial charge < -0.3 is 24.9 Å². The topological polar surface area (TPSA) is 118 Å². The minimum Gasteiger partial charge on any atom is -0.489 e. The maximum absolute atomic E-state index is 14.6. The van der Waals surface area contributed by atoms with E-state index in [1.54, 1.807) is 63.2 Å². The SMILES string of the molecule is C[C@@H](CCC(C)(C)[Si](C)(C)O)Oc1cc(Nc2ncc(F)c(Nc3cccc(NC(=O)OC(C)(C)C)c3)n2)ccc1Cl. The summed E-state index contributed by atoms with van der Waals surface area (Å²) in [7, 11) is -2.32. The molecule has 0 unspecified atom stereocenters. The zero-order valence-electron chi connectivity index (χ0n) is 25.4. The predicted molar refractivity (Wildman–Crippen MR) is 169 cm³/mol. The first kappa shape index (κ1) is 33.1. The third kappa shape index (κ3) is 9.85. The van der Waals surface area contributed by atoms with Crippen molar-refractivity contribution in [2.45, 2.75) is 84.2 Å². The van der Waals surface area contributed by atoms with E-state index in [4.69, 9.17) is 21.1 Å². The molecule has 4 N–H and O–H groups in total. The van der Waals surface area contributed by atoms with Crippen LogP contribution < -0.4 is 20.7 Å². The number of amides is 1. The van der Waals surface area contributed by atoms with Crippen LogP contribution in [0.4, 0.5) is 38.0 Å². The molecule has 9 nitrogen and oxygen atoms in total. The molecule has 228 valence electrons. The molecule has 0 radical (unpaired) electrons.